The van der Waals surface area contributed by atoms with Gasteiger partial charge in [-0.2, -0.15) is 0 Å². The lowest BCUT2D eigenvalue weighted by Gasteiger charge is -2.31. The third-order valence-corrected chi connectivity index (χ3v) is 4.33. The Morgan fingerprint density at radius 1 is 1.39 bits per heavy atom. The standard InChI is InChI=1S/C15H21FN2/c1-2-17-9-12-4-3-5-14(16)15(12)18-10-11-6-7-13(18)8-11/h3-5,11,13,17H,2,6-10H2,1H3. The van der Waals surface area contributed by atoms with Crippen LogP contribution in [0.2, 0.25) is 0 Å². The summed E-state index contributed by atoms with van der Waals surface area (Å²) in [6.45, 7) is 4.81. The van der Waals surface area contributed by atoms with Crippen LogP contribution in [0.25, 0.3) is 0 Å². The minimum Gasteiger partial charge on any atom is -0.366 e. The van der Waals surface area contributed by atoms with Gasteiger partial charge >= 0.3 is 0 Å². The molecule has 2 atom stereocenters. The summed E-state index contributed by atoms with van der Waals surface area (Å²) in [5.41, 5.74) is 1.95. The zero-order chi connectivity index (χ0) is 12.5. The Balaban J connectivity index is 1.89. The van der Waals surface area contributed by atoms with E-state index < -0.39 is 0 Å². The minimum atomic E-state index is -0.0575. The van der Waals surface area contributed by atoms with Gasteiger partial charge < -0.3 is 10.2 Å². The highest BCUT2D eigenvalue weighted by Crippen LogP contribution is 2.42. The molecule has 1 N–H and O–H groups in total. The maximum Gasteiger partial charge on any atom is 0.146 e. The second kappa shape index (κ2) is 4.88. The van der Waals surface area contributed by atoms with E-state index in [4.69, 9.17) is 0 Å². The Morgan fingerprint density at radius 2 is 2.28 bits per heavy atom. The van der Waals surface area contributed by atoms with Gasteiger partial charge in [0.25, 0.3) is 0 Å². The van der Waals surface area contributed by atoms with Gasteiger partial charge in [-0.05, 0) is 43.4 Å². The maximum absolute atomic E-state index is 14.2. The second-order valence-corrected chi connectivity index (χ2v) is 5.51. The average molecular weight is 248 g/mol. The van der Waals surface area contributed by atoms with Crippen molar-refractivity contribution in [1.29, 1.82) is 0 Å². The summed E-state index contributed by atoms with van der Waals surface area (Å²) >= 11 is 0. The number of halogens is 1. The topological polar surface area (TPSA) is 15.3 Å². The van der Waals surface area contributed by atoms with E-state index in [1.807, 2.05) is 12.1 Å². The number of nitrogens with zero attached hydrogens (tertiary/aromatic N) is 1. The number of benzene rings is 1. The molecule has 1 aromatic carbocycles. The number of para-hydroxylation sites is 1. The van der Waals surface area contributed by atoms with Crippen LogP contribution in [0.3, 0.4) is 0 Å². The molecule has 2 aliphatic rings. The number of anilines is 1. The Labute approximate surface area is 108 Å². The molecule has 18 heavy (non-hydrogen) atoms. The largest absolute Gasteiger partial charge is 0.366 e. The molecule has 2 unspecified atom stereocenters. The molecule has 0 aromatic heterocycles. The van der Waals surface area contributed by atoms with Gasteiger partial charge in [-0.15, -0.1) is 0 Å². The summed E-state index contributed by atoms with van der Waals surface area (Å²) in [6.07, 6.45) is 3.83. The first-order chi connectivity index (χ1) is 8.79. The first-order valence-corrected chi connectivity index (χ1v) is 7.04. The molecule has 3 rings (SSSR count). The molecule has 2 bridgehead atoms. The summed E-state index contributed by atoms with van der Waals surface area (Å²) in [6, 6.07) is 6.04. The van der Waals surface area contributed by atoms with Crippen LogP contribution in [0, 0.1) is 11.7 Å². The fraction of sp³-hybridized carbons (Fsp3) is 0.600. The summed E-state index contributed by atoms with van der Waals surface area (Å²) in [4.78, 5) is 2.32. The molecule has 0 radical (unpaired) electrons. The van der Waals surface area contributed by atoms with Gasteiger partial charge in [-0.25, -0.2) is 4.39 Å². The SMILES string of the molecule is CCNCc1cccc(F)c1N1CC2CCC1C2. The molecule has 2 fully saturated rings. The van der Waals surface area contributed by atoms with Gasteiger partial charge in [0.05, 0.1) is 5.69 Å². The van der Waals surface area contributed by atoms with Crippen molar-refractivity contribution in [3.05, 3.63) is 29.6 Å². The number of rotatable bonds is 4. The first kappa shape index (κ1) is 12.0. The van der Waals surface area contributed by atoms with Crippen LogP contribution in [0.5, 0.6) is 0 Å². The van der Waals surface area contributed by atoms with Gasteiger partial charge in [0.2, 0.25) is 0 Å². The van der Waals surface area contributed by atoms with E-state index in [2.05, 4.69) is 17.1 Å². The molecule has 1 saturated carbocycles. The van der Waals surface area contributed by atoms with Gasteiger partial charge in [0.1, 0.15) is 5.82 Å². The van der Waals surface area contributed by atoms with Crippen LogP contribution in [0.4, 0.5) is 10.1 Å². The Morgan fingerprint density at radius 3 is 2.94 bits per heavy atom. The van der Waals surface area contributed by atoms with Crippen LogP contribution in [-0.2, 0) is 6.54 Å². The van der Waals surface area contributed by atoms with Crippen molar-refractivity contribution < 1.29 is 4.39 Å². The van der Waals surface area contributed by atoms with Gasteiger partial charge in [0, 0.05) is 19.1 Å². The Bertz CT molecular complexity index is 433. The van der Waals surface area contributed by atoms with Gasteiger partial charge in [-0.1, -0.05) is 19.1 Å². The van der Waals surface area contributed by atoms with Crippen LogP contribution < -0.4 is 10.2 Å². The molecule has 1 saturated heterocycles. The zero-order valence-electron chi connectivity index (χ0n) is 11.0. The maximum atomic E-state index is 14.2. The number of nitrogens with one attached hydrogen (secondary N) is 1. The number of hydrogen-bond donors (Lipinski definition) is 1. The van der Waals surface area contributed by atoms with E-state index >= 15 is 0 Å². The lowest BCUT2D eigenvalue weighted by atomic mass is 10.1. The first-order valence-electron chi connectivity index (χ1n) is 7.04. The van der Waals surface area contributed by atoms with Crippen molar-refractivity contribution in [3.8, 4) is 0 Å². The minimum absolute atomic E-state index is 0.0575. The van der Waals surface area contributed by atoms with Crippen LogP contribution >= 0.6 is 0 Å². The Kier molecular flexibility index (Phi) is 3.25. The molecule has 1 aliphatic carbocycles. The highest BCUT2D eigenvalue weighted by atomic mass is 19.1. The third kappa shape index (κ3) is 2.01. The van der Waals surface area contributed by atoms with Crippen molar-refractivity contribution in [1.82, 2.24) is 5.32 Å². The Hall–Kier alpha value is -1.09. The summed E-state index contributed by atoms with van der Waals surface area (Å²) in [5, 5.41) is 3.31. The van der Waals surface area contributed by atoms with Crippen LogP contribution in [0.1, 0.15) is 31.7 Å². The van der Waals surface area contributed by atoms with E-state index in [9.17, 15) is 4.39 Å². The highest BCUT2D eigenvalue weighted by molar-refractivity contribution is 5.57. The smallest absolute Gasteiger partial charge is 0.146 e. The van der Waals surface area contributed by atoms with Crippen molar-refractivity contribution in [2.75, 3.05) is 18.0 Å². The number of piperidine rings is 1. The lowest BCUT2D eigenvalue weighted by molar-refractivity contribution is 0.537. The monoisotopic (exact) mass is 248 g/mol. The molecule has 98 valence electrons. The van der Waals surface area contributed by atoms with E-state index in [0.717, 1.165) is 36.8 Å². The summed E-state index contributed by atoms with van der Waals surface area (Å²) in [5.74, 6) is 0.736. The van der Waals surface area contributed by atoms with Gasteiger partial charge in [-0.3, -0.25) is 0 Å². The molecular formula is C15H21FN2. The van der Waals surface area contributed by atoms with Crippen molar-refractivity contribution in [2.45, 2.75) is 38.8 Å². The number of hydrogen-bond acceptors (Lipinski definition) is 2. The molecule has 1 aromatic rings. The van der Waals surface area contributed by atoms with Gasteiger partial charge in [0.15, 0.2) is 0 Å². The molecular weight excluding hydrogens is 227 g/mol. The molecule has 0 amide bonds. The quantitative estimate of drug-likeness (QED) is 0.881. The normalized spacial score (nSPS) is 26.0. The summed E-state index contributed by atoms with van der Waals surface area (Å²) in [7, 11) is 0. The van der Waals surface area contributed by atoms with Crippen molar-refractivity contribution in [2.24, 2.45) is 5.92 Å². The lowest BCUT2D eigenvalue weighted by Crippen LogP contribution is -2.34. The van der Waals surface area contributed by atoms with Crippen molar-refractivity contribution >= 4 is 5.69 Å². The highest BCUT2D eigenvalue weighted by Gasteiger charge is 2.39. The third-order valence-electron chi connectivity index (χ3n) is 4.33. The van der Waals surface area contributed by atoms with Crippen molar-refractivity contribution in [3.63, 3.8) is 0 Å². The molecule has 2 nitrogen and oxygen atoms in total. The molecule has 0 spiro atoms. The van der Waals surface area contributed by atoms with E-state index in [0.29, 0.717) is 6.04 Å². The second-order valence-electron chi connectivity index (χ2n) is 5.51. The van der Waals surface area contributed by atoms with E-state index in [1.54, 1.807) is 6.07 Å². The fourth-order valence-corrected chi connectivity index (χ4v) is 3.48. The van der Waals surface area contributed by atoms with E-state index in [-0.39, 0.29) is 5.82 Å². The van der Waals surface area contributed by atoms with Crippen LogP contribution in [0.15, 0.2) is 18.2 Å². The molecule has 3 heteroatoms. The summed E-state index contributed by atoms with van der Waals surface area (Å²) < 4.78 is 14.2. The van der Waals surface area contributed by atoms with E-state index in [1.165, 1.54) is 19.3 Å². The average Bonchev–Trinajstić information content (AvgIpc) is 2.98. The zero-order valence-corrected chi connectivity index (χ0v) is 11.0. The molecule has 1 aliphatic heterocycles. The predicted molar refractivity (Wildman–Crippen MR) is 72.3 cm³/mol. The molecule has 1 heterocycles. The fourth-order valence-electron chi connectivity index (χ4n) is 3.48. The number of fused-ring (bicyclic) bond motifs is 2. The predicted octanol–water partition coefficient (Wildman–Crippen LogP) is 2.92. The van der Waals surface area contributed by atoms with Crippen LogP contribution in [-0.4, -0.2) is 19.1 Å².